The predicted octanol–water partition coefficient (Wildman–Crippen LogP) is 4.22. The molecule has 0 aromatic heterocycles. The molecule has 0 N–H and O–H groups in total. The van der Waals surface area contributed by atoms with Gasteiger partial charge in [0.1, 0.15) is 0 Å². The Kier molecular flexibility index (Phi) is 4.63. The summed E-state index contributed by atoms with van der Waals surface area (Å²) in [5.41, 5.74) is 0.200. The highest BCUT2D eigenvalue weighted by molar-refractivity contribution is 7.91. The first-order valence-electron chi connectivity index (χ1n) is 8.08. The van der Waals surface area contributed by atoms with Gasteiger partial charge in [0.05, 0.1) is 21.2 Å². The Morgan fingerprint density at radius 2 is 1.84 bits per heavy atom. The van der Waals surface area contributed by atoms with Gasteiger partial charge >= 0.3 is 0 Å². The lowest BCUT2D eigenvalue weighted by atomic mass is 9.81. The minimum Gasteiger partial charge on any atom is -0.294 e. The van der Waals surface area contributed by atoms with Gasteiger partial charge in [-0.25, -0.2) is 8.42 Å². The SMILES string of the molecule is CC1(C)CCS(=O)(=O)c2c1ccc(C(=O)C1=C(Cl)CCCC1=O)c2Cl. The molecule has 1 aliphatic carbocycles. The van der Waals surface area contributed by atoms with Crippen molar-refractivity contribution in [3.05, 3.63) is 38.9 Å². The first-order chi connectivity index (χ1) is 11.6. The molecule has 0 unspecified atom stereocenters. The topological polar surface area (TPSA) is 68.3 Å². The molecule has 25 heavy (non-hydrogen) atoms. The standard InChI is InChI=1S/C18H18Cl2O4S/c1-18(2)8-9-25(23,24)17-11(18)7-6-10(15(17)20)16(22)14-12(19)4-3-5-13(14)21/h6-7H,3-5,8-9H2,1-2H3. The molecule has 1 aromatic rings. The molecule has 0 radical (unpaired) electrons. The Balaban J connectivity index is 2.21. The van der Waals surface area contributed by atoms with E-state index >= 15 is 0 Å². The van der Waals surface area contributed by atoms with E-state index < -0.39 is 15.6 Å². The van der Waals surface area contributed by atoms with Crippen molar-refractivity contribution in [1.82, 2.24) is 0 Å². The lowest BCUT2D eigenvalue weighted by molar-refractivity contribution is -0.115. The number of sulfone groups is 1. The summed E-state index contributed by atoms with van der Waals surface area (Å²) >= 11 is 12.5. The lowest BCUT2D eigenvalue weighted by Crippen LogP contribution is -2.31. The number of carbonyl (C=O) groups excluding carboxylic acids is 2. The summed E-state index contributed by atoms with van der Waals surface area (Å²) in [6, 6.07) is 3.14. The molecule has 0 atom stereocenters. The van der Waals surface area contributed by atoms with E-state index in [1.54, 1.807) is 6.07 Å². The van der Waals surface area contributed by atoms with E-state index in [1.165, 1.54) is 6.07 Å². The summed E-state index contributed by atoms with van der Waals surface area (Å²) in [4.78, 5) is 25.0. The second kappa shape index (κ2) is 6.22. The summed E-state index contributed by atoms with van der Waals surface area (Å²) in [6.45, 7) is 3.89. The van der Waals surface area contributed by atoms with Crippen molar-refractivity contribution in [2.75, 3.05) is 5.75 Å². The number of hydrogen-bond acceptors (Lipinski definition) is 4. The van der Waals surface area contributed by atoms with Crippen molar-refractivity contribution in [1.29, 1.82) is 0 Å². The van der Waals surface area contributed by atoms with E-state index in [0.29, 0.717) is 24.8 Å². The fourth-order valence-electron chi connectivity index (χ4n) is 3.38. The largest absolute Gasteiger partial charge is 0.294 e. The van der Waals surface area contributed by atoms with Crippen LogP contribution >= 0.6 is 23.2 Å². The molecule has 2 aliphatic rings. The normalized spacial score (nSPS) is 21.8. The van der Waals surface area contributed by atoms with E-state index in [2.05, 4.69) is 0 Å². The van der Waals surface area contributed by atoms with Gasteiger partial charge in [0.15, 0.2) is 21.4 Å². The molecule has 1 aromatic carbocycles. The Morgan fingerprint density at radius 1 is 1.16 bits per heavy atom. The summed E-state index contributed by atoms with van der Waals surface area (Å²) < 4.78 is 25.1. The highest BCUT2D eigenvalue weighted by Crippen LogP contribution is 2.43. The number of benzene rings is 1. The summed E-state index contributed by atoms with van der Waals surface area (Å²) in [5.74, 6) is -0.938. The first kappa shape index (κ1) is 18.6. The van der Waals surface area contributed by atoms with E-state index in [9.17, 15) is 18.0 Å². The van der Waals surface area contributed by atoms with Gasteiger partial charge in [0, 0.05) is 17.0 Å². The van der Waals surface area contributed by atoms with E-state index in [1.807, 2.05) is 13.8 Å². The van der Waals surface area contributed by atoms with Crippen LogP contribution in [0.3, 0.4) is 0 Å². The second-order valence-corrected chi connectivity index (χ2v) is 10.0. The molecule has 7 heteroatoms. The highest BCUT2D eigenvalue weighted by atomic mass is 35.5. The minimum absolute atomic E-state index is 0.0104. The molecule has 1 aliphatic heterocycles. The van der Waals surface area contributed by atoms with Crippen LogP contribution in [-0.4, -0.2) is 25.7 Å². The van der Waals surface area contributed by atoms with E-state index in [-0.39, 0.29) is 49.5 Å². The third kappa shape index (κ3) is 3.07. The molecule has 0 fully saturated rings. The average Bonchev–Trinajstić information content (AvgIpc) is 2.51. The number of fused-ring (bicyclic) bond motifs is 1. The zero-order valence-electron chi connectivity index (χ0n) is 14.0. The van der Waals surface area contributed by atoms with Crippen molar-refractivity contribution in [2.45, 2.75) is 49.8 Å². The lowest BCUT2D eigenvalue weighted by Gasteiger charge is -2.33. The van der Waals surface area contributed by atoms with Gasteiger partial charge in [-0.05, 0) is 36.3 Å². The van der Waals surface area contributed by atoms with Gasteiger partial charge in [0.25, 0.3) is 0 Å². The van der Waals surface area contributed by atoms with Crippen molar-refractivity contribution in [3.63, 3.8) is 0 Å². The number of rotatable bonds is 2. The zero-order chi connectivity index (χ0) is 18.6. The fourth-order valence-corrected chi connectivity index (χ4v) is 6.36. The van der Waals surface area contributed by atoms with Crippen molar-refractivity contribution < 1.29 is 18.0 Å². The first-order valence-corrected chi connectivity index (χ1v) is 10.5. The van der Waals surface area contributed by atoms with Crippen LogP contribution in [0.2, 0.25) is 5.02 Å². The maximum atomic E-state index is 12.9. The van der Waals surface area contributed by atoms with Crippen LogP contribution in [0.15, 0.2) is 27.6 Å². The molecule has 0 bridgehead atoms. The highest BCUT2D eigenvalue weighted by Gasteiger charge is 2.39. The van der Waals surface area contributed by atoms with Gasteiger partial charge < -0.3 is 0 Å². The maximum Gasteiger partial charge on any atom is 0.199 e. The van der Waals surface area contributed by atoms with Crippen molar-refractivity contribution >= 4 is 44.6 Å². The molecule has 0 saturated carbocycles. The third-order valence-electron chi connectivity index (χ3n) is 4.95. The third-order valence-corrected chi connectivity index (χ3v) is 7.63. The van der Waals surface area contributed by atoms with E-state index in [0.717, 1.165) is 0 Å². The Hall–Kier alpha value is -1.17. The summed E-state index contributed by atoms with van der Waals surface area (Å²) in [7, 11) is -3.58. The number of halogens is 2. The van der Waals surface area contributed by atoms with Gasteiger partial charge in [-0.1, -0.05) is 43.1 Å². The molecule has 0 amide bonds. The average molecular weight is 401 g/mol. The van der Waals surface area contributed by atoms with Crippen molar-refractivity contribution in [3.8, 4) is 0 Å². The predicted molar refractivity (Wildman–Crippen MR) is 97.2 cm³/mol. The van der Waals surface area contributed by atoms with Crippen LogP contribution in [0.1, 0.15) is 55.5 Å². The Morgan fingerprint density at radius 3 is 2.48 bits per heavy atom. The number of allylic oxidation sites excluding steroid dienone is 2. The van der Waals surface area contributed by atoms with Crippen LogP contribution in [0.4, 0.5) is 0 Å². The maximum absolute atomic E-state index is 12.9. The van der Waals surface area contributed by atoms with E-state index in [4.69, 9.17) is 23.2 Å². The number of ketones is 2. The fraction of sp³-hybridized carbons (Fsp3) is 0.444. The van der Waals surface area contributed by atoms with Crippen LogP contribution in [-0.2, 0) is 20.0 Å². The molecular formula is C18H18Cl2O4S. The number of hydrogen-bond donors (Lipinski definition) is 0. The summed E-state index contributed by atoms with van der Waals surface area (Å²) in [6.07, 6.45) is 1.81. The summed E-state index contributed by atoms with van der Waals surface area (Å²) in [5, 5.41) is 0.115. The van der Waals surface area contributed by atoms with Crippen molar-refractivity contribution in [2.24, 2.45) is 0 Å². The molecular weight excluding hydrogens is 383 g/mol. The second-order valence-electron chi connectivity index (χ2n) is 7.14. The van der Waals surface area contributed by atoms with Gasteiger partial charge in [-0.2, -0.15) is 0 Å². The minimum atomic E-state index is -3.58. The monoisotopic (exact) mass is 400 g/mol. The quantitative estimate of drug-likeness (QED) is 0.550. The smallest absolute Gasteiger partial charge is 0.199 e. The number of carbonyl (C=O) groups is 2. The van der Waals surface area contributed by atoms with Crippen LogP contribution in [0.25, 0.3) is 0 Å². The van der Waals surface area contributed by atoms with Gasteiger partial charge in [-0.15, -0.1) is 0 Å². The molecule has 0 saturated heterocycles. The zero-order valence-corrected chi connectivity index (χ0v) is 16.3. The van der Waals surface area contributed by atoms with Crippen LogP contribution in [0.5, 0.6) is 0 Å². The Labute approximate surface area is 157 Å². The molecule has 1 heterocycles. The molecule has 134 valence electrons. The molecule has 3 rings (SSSR count). The molecule has 0 spiro atoms. The number of Topliss-reactive ketones (excluding diaryl/α,β-unsaturated/α-hetero) is 2. The van der Waals surface area contributed by atoms with Crippen LogP contribution in [0, 0.1) is 0 Å². The van der Waals surface area contributed by atoms with Crippen LogP contribution < -0.4 is 0 Å². The van der Waals surface area contributed by atoms with Gasteiger partial charge in [0.2, 0.25) is 0 Å². The Bertz CT molecular complexity index is 927. The van der Waals surface area contributed by atoms with Gasteiger partial charge in [-0.3, -0.25) is 9.59 Å². The molecule has 4 nitrogen and oxygen atoms in total.